The number of ether oxygens (including phenoxy) is 1. The summed E-state index contributed by atoms with van der Waals surface area (Å²) in [7, 11) is -4.03. The van der Waals surface area contributed by atoms with Gasteiger partial charge in [0.1, 0.15) is 11.4 Å². The lowest BCUT2D eigenvalue weighted by Gasteiger charge is -2.19. The van der Waals surface area contributed by atoms with Crippen LogP contribution in [0.5, 0.6) is 0 Å². The lowest BCUT2D eigenvalue weighted by atomic mass is 10.0. The van der Waals surface area contributed by atoms with Gasteiger partial charge in [0.15, 0.2) is 0 Å². The predicted molar refractivity (Wildman–Crippen MR) is 124 cm³/mol. The van der Waals surface area contributed by atoms with E-state index in [-0.39, 0.29) is 22.1 Å². The molecule has 0 saturated heterocycles. The number of benzene rings is 2. The highest BCUT2D eigenvalue weighted by atomic mass is 32.2. The molecule has 1 aromatic heterocycles. The zero-order valence-corrected chi connectivity index (χ0v) is 20.1. The Bertz CT molecular complexity index is 1260. The van der Waals surface area contributed by atoms with E-state index in [4.69, 9.17) is 9.15 Å². The lowest BCUT2D eigenvalue weighted by Crippen LogP contribution is -2.36. The zero-order chi connectivity index (χ0) is 24.0. The molecule has 0 bridgehead atoms. The fraction of sp³-hybridized carbons (Fsp3) is 0.360. The number of aromatic nitrogens is 1. The fourth-order valence-corrected chi connectivity index (χ4v) is 5.13. The maximum Gasteiger partial charge on any atom is 0.421 e. The molecule has 0 aliphatic heterocycles. The highest BCUT2D eigenvalue weighted by molar-refractivity contribution is 7.90. The van der Waals surface area contributed by atoms with Crippen molar-refractivity contribution in [3.05, 3.63) is 72.1 Å². The fourth-order valence-electron chi connectivity index (χ4n) is 4.26. The molecule has 7 nitrogen and oxygen atoms in total. The van der Waals surface area contributed by atoms with Crippen molar-refractivity contribution in [2.45, 2.75) is 57.0 Å². The molecule has 1 N–H and O–H groups in total. The summed E-state index contributed by atoms with van der Waals surface area (Å²) in [6.07, 6.45) is 0.771. The predicted octanol–water partition coefficient (Wildman–Crippen LogP) is 5.46. The summed E-state index contributed by atoms with van der Waals surface area (Å²) in [5.41, 5.74) is 1.06. The van der Waals surface area contributed by atoms with Gasteiger partial charge in [0.25, 0.3) is 10.0 Å². The van der Waals surface area contributed by atoms with E-state index in [0.717, 1.165) is 16.9 Å². The number of sulfonamides is 1. The molecule has 0 spiro atoms. The van der Waals surface area contributed by atoms with E-state index in [9.17, 15) is 13.2 Å². The Hall–Kier alpha value is -3.13. The largest absolute Gasteiger partial charge is 0.443 e. The minimum Gasteiger partial charge on any atom is -0.443 e. The van der Waals surface area contributed by atoms with Crippen LogP contribution in [0, 0.1) is 5.41 Å². The van der Waals surface area contributed by atoms with Crippen LogP contribution in [0.15, 0.2) is 70.1 Å². The van der Waals surface area contributed by atoms with E-state index in [2.05, 4.69) is 18.8 Å². The SMILES string of the molecule is CC(C)(C)OC(=O)NS(=O)(=O)c1ccc([C@@H]2[C@@H](c3cnc(-c4ccccc4)o3)C2(C)C)cc1. The van der Waals surface area contributed by atoms with Gasteiger partial charge >= 0.3 is 6.09 Å². The lowest BCUT2D eigenvalue weighted by molar-refractivity contribution is 0.0570. The van der Waals surface area contributed by atoms with Gasteiger partial charge in [-0.2, -0.15) is 0 Å². The van der Waals surface area contributed by atoms with Gasteiger partial charge in [0.05, 0.1) is 11.1 Å². The van der Waals surface area contributed by atoms with Crippen LogP contribution in [0.2, 0.25) is 0 Å². The summed E-state index contributed by atoms with van der Waals surface area (Å²) in [5, 5.41) is 0. The average molecular weight is 469 g/mol. The van der Waals surface area contributed by atoms with Crippen LogP contribution in [0.1, 0.15) is 57.8 Å². The molecule has 1 aliphatic carbocycles. The van der Waals surface area contributed by atoms with Gasteiger partial charge in [-0.3, -0.25) is 0 Å². The minimum atomic E-state index is -4.03. The number of hydrogen-bond acceptors (Lipinski definition) is 6. The van der Waals surface area contributed by atoms with Crippen molar-refractivity contribution in [2.75, 3.05) is 0 Å². The van der Waals surface area contributed by atoms with Gasteiger partial charge in [-0.1, -0.05) is 44.2 Å². The van der Waals surface area contributed by atoms with Crippen LogP contribution >= 0.6 is 0 Å². The van der Waals surface area contributed by atoms with Gasteiger partial charge in [0, 0.05) is 17.4 Å². The Labute approximate surface area is 194 Å². The molecule has 1 fully saturated rings. The number of rotatable bonds is 5. The van der Waals surface area contributed by atoms with Gasteiger partial charge in [0.2, 0.25) is 5.89 Å². The molecule has 3 aromatic rings. The second kappa shape index (κ2) is 8.02. The molecule has 8 heteroatoms. The third-order valence-electron chi connectivity index (χ3n) is 5.84. The van der Waals surface area contributed by atoms with Crippen LogP contribution in [-0.2, 0) is 14.8 Å². The van der Waals surface area contributed by atoms with Crippen LogP contribution < -0.4 is 4.72 Å². The van der Waals surface area contributed by atoms with Crippen molar-refractivity contribution in [1.82, 2.24) is 9.71 Å². The maximum absolute atomic E-state index is 12.5. The van der Waals surface area contributed by atoms with Gasteiger partial charge in [-0.25, -0.2) is 22.9 Å². The highest BCUT2D eigenvalue weighted by Crippen LogP contribution is 2.70. The van der Waals surface area contributed by atoms with Crippen LogP contribution in [-0.4, -0.2) is 25.1 Å². The summed E-state index contributed by atoms with van der Waals surface area (Å²) < 4.78 is 38.2. The number of oxazole rings is 1. The molecule has 1 aliphatic rings. The normalized spacial score (nSPS) is 19.7. The molecule has 33 heavy (non-hydrogen) atoms. The Kier molecular flexibility index (Phi) is 5.60. The van der Waals surface area contributed by atoms with Crippen molar-refractivity contribution in [3.63, 3.8) is 0 Å². The molecule has 174 valence electrons. The van der Waals surface area contributed by atoms with Crippen LogP contribution in [0.3, 0.4) is 0 Å². The minimum absolute atomic E-state index is 0.00172. The first-order valence-corrected chi connectivity index (χ1v) is 12.2. The Morgan fingerprint density at radius 2 is 1.67 bits per heavy atom. The first kappa shape index (κ1) is 23.0. The number of nitrogens with zero attached hydrogens (tertiary/aromatic N) is 1. The number of carbonyl (C=O) groups is 1. The second-order valence-corrected chi connectivity index (χ2v) is 11.6. The van der Waals surface area contributed by atoms with Gasteiger partial charge in [-0.05, 0) is 56.0 Å². The van der Waals surface area contributed by atoms with Gasteiger partial charge < -0.3 is 9.15 Å². The average Bonchev–Trinajstić information content (AvgIpc) is 3.06. The van der Waals surface area contributed by atoms with Crippen LogP contribution in [0.4, 0.5) is 4.79 Å². The van der Waals surface area contributed by atoms with E-state index < -0.39 is 21.7 Å². The maximum atomic E-state index is 12.5. The molecular weight excluding hydrogens is 440 g/mol. The molecule has 0 unspecified atom stereocenters. The quantitative estimate of drug-likeness (QED) is 0.534. The smallest absolute Gasteiger partial charge is 0.421 e. The third-order valence-corrected chi connectivity index (χ3v) is 7.17. The molecule has 2 atom stereocenters. The first-order chi connectivity index (χ1) is 15.4. The second-order valence-electron chi connectivity index (χ2n) is 9.89. The molecule has 1 heterocycles. The van der Waals surface area contributed by atoms with E-state index >= 15 is 0 Å². The van der Waals surface area contributed by atoms with Gasteiger partial charge in [-0.15, -0.1) is 0 Å². The first-order valence-electron chi connectivity index (χ1n) is 10.8. The monoisotopic (exact) mass is 468 g/mol. The van der Waals surface area contributed by atoms with Crippen molar-refractivity contribution in [2.24, 2.45) is 5.41 Å². The topological polar surface area (TPSA) is 98.5 Å². The summed E-state index contributed by atoms with van der Waals surface area (Å²) in [4.78, 5) is 16.3. The number of amides is 1. The molecule has 1 saturated carbocycles. The van der Waals surface area contributed by atoms with Crippen molar-refractivity contribution < 1.29 is 22.4 Å². The number of carbonyl (C=O) groups excluding carboxylic acids is 1. The highest BCUT2D eigenvalue weighted by Gasteiger charge is 2.60. The summed E-state index contributed by atoms with van der Waals surface area (Å²) in [6.45, 7) is 9.31. The third kappa shape index (κ3) is 4.80. The molecule has 4 rings (SSSR count). The van der Waals surface area contributed by atoms with E-state index in [1.807, 2.05) is 35.1 Å². The number of nitrogens with one attached hydrogen (secondary N) is 1. The van der Waals surface area contributed by atoms with Crippen molar-refractivity contribution in [3.8, 4) is 11.5 Å². The molecule has 0 radical (unpaired) electrons. The van der Waals surface area contributed by atoms with Crippen molar-refractivity contribution in [1.29, 1.82) is 0 Å². The van der Waals surface area contributed by atoms with E-state index in [1.54, 1.807) is 39.1 Å². The Morgan fingerprint density at radius 1 is 1.03 bits per heavy atom. The molecule has 1 amide bonds. The van der Waals surface area contributed by atoms with Crippen LogP contribution in [0.25, 0.3) is 11.5 Å². The van der Waals surface area contributed by atoms with Crippen molar-refractivity contribution >= 4 is 16.1 Å². The van der Waals surface area contributed by atoms with E-state index in [0.29, 0.717) is 5.89 Å². The molecule has 2 aromatic carbocycles. The summed E-state index contributed by atoms with van der Waals surface area (Å²) in [5.74, 6) is 1.68. The Morgan fingerprint density at radius 3 is 2.27 bits per heavy atom. The summed E-state index contributed by atoms with van der Waals surface area (Å²) >= 11 is 0. The van der Waals surface area contributed by atoms with E-state index in [1.165, 1.54) is 12.1 Å². The molecular formula is C25H28N2O5S. The Balaban J connectivity index is 1.50. The summed E-state index contributed by atoms with van der Waals surface area (Å²) in [6, 6.07) is 16.3. The number of hydrogen-bond donors (Lipinski definition) is 1. The zero-order valence-electron chi connectivity index (χ0n) is 19.3. The standard InChI is InChI=1S/C25H28N2O5S/c1-24(2,3)32-23(28)27-33(29,30)18-13-11-16(12-14-18)20-21(25(20,4)5)19-15-26-22(31-19)17-9-7-6-8-10-17/h6-15,20-21H,1-5H3,(H,27,28)/t20-,21-/m1/s1.